The summed E-state index contributed by atoms with van der Waals surface area (Å²) >= 11 is 0. The number of anilines is 1. The number of nitrogens with one attached hydrogen (secondary N) is 1. The predicted molar refractivity (Wildman–Crippen MR) is 42.6 cm³/mol. The van der Waals surface area contributed by atoms with Gasteiger partial charge >= 0.3 is 5.97 Å². The molecular weight excluding hydrogens is 161 g/mol. The molecule has 0 bridgehead atoms. The monoisotopic (exact) mass is 169 g/mol. The topological polar surface area (TPSA) is 49.3 Å². The molecule has 0 aliphatic rings. The Morgan fingerprint density at radius 3 is 2.50 bits per heavy atom. The molecule has 2 N–H and O–H groups in total. The van der Waals surface area contributed by atoms with Crippen molar-refractivity contribution < 1.29 is 14.3 Å². The van der Waals surface area contributed by atoms with E-state index in [0.29, 0.717) is 5.69 Å². The number of benzene rings is 1. The number of carbonyl (C=O) groups is 1. The van der Waals surface area contributed by atoms with E-state index in [-0.39, 0.29) is 0 Å². The van der Waals surface area contributed by atoms with Crippen LogP contribution >= 0.6 is 0 Å². The first-order chi connectivity index (χ1) is 5.70. The molecule has 4 heteroatoms. The fourth-order valence-electron chi connectivity index (χ4n) is 0.742. The first kappa shape index (κ1) is 8.52. The molecule has 1 rings (SSSR count). The zero-order chi connectivity index (χ0) is 8.97. The van der Waals surface area contributed by atoms with E-state index >= 15 is 0 Å². The van der Waals surface area contributed by atoms with E-state index in [9.17, 15) is 9.18 Å². The summed E-state index contributed by atoms with van der Waals surface area (Å²) in [6.45, 7) is 0. The number of halogens is 1. The molecule has 0 fully saturated rings. The summed E-state index contributed by atoms with van der Waals surface area (Å²) in [5, 5.41) is 10.4. The van der Waals surface area contributed by atoms with Crippen molar-refractivity contribution in [3.05, 3.63) is 30.3 Å². The minimum absolute atomic E-state index is 0.451. The van der Waals surface area contributed by atoms with Crippen LogP contribution in [0, 0.1) is 0 Å². The summed E-state index contributed by atoms with van der Waals surface area (Å²) in [7, 11) is 0. The fourth-order valence-corrected chi connectivity index (χ4v) is 0.742. The van der Waals surface area contributed by atoms with Crippen LogP contribution in [0.5, 0.6) is 0 Å². The zero-order valence-electron chi connectivity index (χ0n) is 6.20. The van der Waals surface area contributed by atoms with Gasteiger partial charge in [-0.2, -0.15) is 0 Å². The molecule has 0 saturated carbocycles. The minimum Gasteiger partial charge on any atom is -0.478 e. The summed E-state index contributed by atoms with van der Waals surface area (Å²) in [5.74, 6) is -1.51. The van der Waals surface area contributed by atoms with Crippen LogP contribution in [0.15, 0.2) is 30.3 Å². The molecule has 0 saturated heterocycles. The number of hydrogen-bond donors (Lipinski definition) is 2. The lowest BCUT2D eigenvalue weighted by atomic mass is 10.3. The lowest BCUT2D eigenvalue weighted by molar-refractivity contribution is -0.141. The Morgan fingerprint density at radius 2 is 2.00 bits per heavy atom. The zero-order valence-corrected chi connectivity index (χ0v) is 6.20. The largest absolute Gasteiger partial charge is 0.478 e. The molecule has 0 aliphatic heterocycles. The molecule has 1 aromatic rings. The lowest BCUT2D eigenvalue weighted by Crippen LogP contribution is -2.23. The van der Waals surface area contributed by atoms with E-state index in [1.54, 1.807) is 30.3 Å². The Morgan fingerprint density at radius 1 is 1.42 bits per heavy atom. The van der Waals surface area contributed by atoms with Gasteiger partial charge in [-0.25, -0.2) is 9.18 Å². The molecule has 0 spiro atoms. The van der Waals surface area contributed by atoms with Crippen molar-refractivity contribution in [2.24, 2.45) is 0 Å². The fraction of sp³-hybridized carbons (Fsp3) is 0.125. The third-order valence-electron chi connectivity index (χ3n) is 1.28. The maximum Gasteiger partial charge on any atom is 0.359 e. The average Bonchev–Trinajstić information content (AvgIpc) is 2.06. The normalized spacial score (nSPS) is 12.1. The third kappa shape index (κ3) is 2.23. The molecule has 1 unspecified atom stereocenters. The van der Waals surface area contributed by atoms with Crippen molar-refractivity contribution in [2.75, 3.05) is 5.32 Å². The van der Waals surface area contributed by atoms with Crippen molar-refractivity contribution in [2.45, 2.75) is 6.30 Å². The molecule has 64 valence electrons. The van der Waals surface area contributed by atoms with Crippen molar-refractivity contribution >= 4 is 11.7 Å². The van der Waals surface area contributed by atoms with Gasteiger partial charge in [0.1, 0.15) is 0 Å². The van der Waals surface area contributed by atoms with Crippen molar-refractivity contribution in [3.8, 4) is 0 Å². The van der Waals surface area contributed by atoms with Gasteiger partial charge in [0.15, 0.2) is 0 Å². The summed E-state index contributed by atoms with van der Waals surface area (Å²) in [6.07, 6.45) is -2.05. The summed E-state index contributed by atoms with van der Waals surface area (Å²) < 4.78 is 12.5. The van der Waals surface area contributed by atoms with E-state index in [1.165, 1.54) is 0 Å². The Balaban J connectivity index is 2.58. The number of para-hydroxylation sites is 1. The van der Waals surface area contributed by atoms with Crippen LogP contribution in [-0.2, 0) is 4.79 Å². The Hall–Kier alpha value is -1.58. The second-order valence-corrected chi connectivity index (χ2v) is 2.21. The van der Waals surface area contributed by atoms with Gasteiger partial charge in [-0.3, -0.25) is 0 Å². The average molecular weight is 169 g/mol. The second-order valence-electron chi connectivity index (χ2n) is 2.21. The Kier molecular flexibility index (Phi) is 2.63. The first-order valence-corrected chi connectivity index (χ1v) is 3.38. The van der Waals surface area contributed by atoms with Crippen LogP contribution in [0.25, 0.3) is 0 Å². The molecule has 1 aromatic carbocycles. The predicted octanol–water partition coefficient (Wildman–Crippen LogP) is 1.48. The van der Waals surface area contributed by atoms with Crippen molar-refractivity contribution in [3.63, 3.8) is 0 Å². The van der Waals surface area contributed by atoms with Crippen LogP contribution in [0.2, 0.25) is 0 Å². The Labute approximate surface area is 68.8 Å². The molecule has 3 nitrogen and oxygen atoms in total. The summed E-state index contributed by atoms with van der Waals surface area (Å²) in [5.41, 5.74) is 0.451. The SMILES string of the molecule is O=C(O)C(F)Nc1ccccc1. The van der Waals surface area contributed by atoms with Crippen LogP contribution in [-0.4, -0.2) is 17.4 Å². The van der Waals surface area contributed by atoms with Crippen molar-refractivity contribution in [1.82, 2.24) is 0 Å². The lowest BCUT2D eigenvalue weighted by Gasteiger charge is -2.06. The highest BCUT2D eigenvalue weighted by molar-refractivity contribution is 5.75. The third-order valence-corrected chi connectivity index (χ3v) is 1.28. The smallest absolute Gasteiger partial charge is 0.359 e. The number of hydrogen-bond acceptors (Lipinski definition) is 2. The molecule has 1 atom stereocenters. The van der Waals surface area contributed by atoms with Gasteiger partial charge in [0.25, 0.3) is 6.30 Å². The summed E-state index contributed by atoms with van der Waals surface area (Å²) in [6, 6.07) is 8.33. The highest BCUT2D eigenvalue weighted by atomic mass is 19.1. The maximum absolute atomic E-state index is 12.5. The molecule has 0 heterocycles. The van der Waals surface area contributed by atoms with Gasteiger partial charge in [-0.15, -0.1) is 0 Å². The number of carboxylic acids is 1. The van der Waals surface area contributed by atoms with Gasteiger partial charge in [0, 0.05) is 5.69 Å². The molecule has 0 amide bonds. The molecule has 12 heavy (non-hydrogen) atoms. The van der Waals surface area contributed by atoms with E-state index in [4.69, 9.17) is 5.11 Å². The number of carboxylic acid groups (broad SMARTS) is 1. The highest BCUT2D eigenvalue weighted by Crippen LogP contribution is 2.07. The van der Waals surface area contributed by atoms with E-state index in [2.05, 4.69) is 5.32 Å². The van der Waals surface area contributed by atoms with Crippen LogP contribution < -0.4 is 5.32 Å². The molecule has 0 aliphatic carbocycles. The number of rotatable bonds is 3. The minimum atomic E-state index is -2.05. The molecule has 0 aromatic heterocycles. The van der Waals surface area contributed by atoms with Gasteiger partial charge in [-0.1, -0.05) is 18.2 Å². The highest BCUT2D eigenvalue weighted by Gasteiger charge is 2.13. The quantitative estimate of drug-likeness (QED) is 0.674. The van der Waals surface area contributed by atoms with Gasteiger partial charge in [0.2, 0.25) is 0 Å². The van der Waals surface area contributed by atoms with E-state index in [1.807, 2.05) is 0 Å². The second kappa shape index (κ2) is 3.71. The molecule has 0 radical (unpaired) electrons. The van der Waals surface area contributed by atoms with Crippen LogP contribution in [0.1, 0.15) is 0 Å². The van der Waals surface area contributed by atoms with E-state index in [0.717, 1.165) is 0 Å². The standard InChI is InChI=1S/C8H8FNO2/c9-7(8(11)12)10-6-4-2-1-3-5-6/h1-5,7,10H,(H,11,12). The van der Waals surface area contributed by atoms with Gasteiger partial charge in [0.05, 0.1) is 0 Å². The first-order valence-electron chi connectivity index (χ1n) is 3.38. The van der Waals surface area contributed by atoms with Gasteiger partial charge in [-0.05, 0) is 12.1 Å². The Bertz CT molecular complexity index is 263. The number of alkyl halides is 1. The summed E-state index contributed by atoms with van der Waals surface area (Å²) in [4.78, 5) is 10.1. The van der Waals surface area contributed by atoms with Crippen molar-refractivity contribution in [1.29, 1.82) is 0 Å². The maximum atomic E-state index is 12.5. The van der Waals surface area contributed by atoms with Crippen LogP contribution in [0.4, 0.5) is 10.1 Å². The number of aliphatic carboxylic acids is 1. The molecular formula is C8H8FNO2. The van der Waals surface area contributed by atoms with Gasteiger partial charge < -0.3 is 10.4 Å². The van der Waals surface area contributed by atoms with Crippen LogP contribution in [0.3, 0.4) is 0 Å². The van der Waals surface area contributed by atoms with E-state index < -0.39 is 12.3 Å².